The maximum absolute atomic E-state index is 12.4. The highest BCUT2D eigenvalue weighted by Gasteiger charge is 2.12. The van der Waals surface area contributed by atoms with Gasteiger partial charge in [0, 0.05) is 16.6 Å². The molecule has 0 aliphatic carbocycles. The molecule has 0 amide bonds. The molecule has 4 nitrogen and oxygen atoms in total. The minimum absolute atomic E-state index is 0.310. The van der Waals surface area contributed by atoms with Crippen molar-refractivity contribution in [1.29, 1.82) is 0 Å². The van der Waals surface area contributed by atoms with Crippen molar-refractivity contribution in [3.63, 3.8) is 0 Å². The maximum atomic E-state index is 12.4. The molecule has 0 bridgehead atoms. The Balaban J connectivity index is 1.61. The van der Waals surface area contributed by atoms with E-state index in [2.05, 4.69) is 55.2 Å². The summed E-state index contributed by atoms with van der Waals surface area (Å²) in [5, 5.41) is 3.98. The third-order valence-corrected chi connectivity index (χ3v) is 5.54. The predicted octanol–water partition coefficient (Wildman–Crippen LogP) is 4.03. The summed E-state index contributed by atoms with van der Waals surface area (Å²) in [5.74, 6) is 1.88. The van der Waals surface area contributed by atoms with E-state index in [0.717, 1.165) is 11.1 Å². The molecule has 0 N–H and O–H groups in total. The van der Waals surface area contributed by atoms with Crippen molar-refractivity contribution in [2.45, 2.75) is 38.7 Å². The zero-order valence-corrected chi connectivity index (χ0v) is 15.6. The summed E-state index contributed by atoms with van der Waals surface area (Å²) in [6.45, 7) is 6.20. The van der Waals surface area contributed by atoms with Crippen LogP contribution in [0.1, 0.15) is 39.5 Å². The van der Waals surface area contributed by atoms with Crippen molar-refractivity contribution in [1.82, 2.24) is 10.1 Å². The normalized spacial score (nSPS) is 12.3. The van der Waals surface area contributed by atoms with Gasteiger partial charge in [0.05, 0.1) is 12.2 Å². The second-order valence-electron chi connectivity index (χ2n) is 6.35. The predicted molar refractivity (Wildman–Crippen MR) is 99.7 cm³/mol. The molecule has 25 heavy (non-hydrogen) atoms. The molecule has 1 aromatic heterocycles. The molecule has 1 atom stereocenters. The van der Waals surface area contributed by atoms with Crippen molar-refractivity contribution in [2.75, 3.05) is 0 Å². The fraction of sp³-hybridized carbons (Fsp3) is 0.300. The molecule has 3 aromatic rings. The van der Waals surface area contributed by atoms with Gasteiger partial charge in [0.15, 0.2) is 5.82 Å². The Bertz CT molecular complexity index is 902. The van der Waals surface area contributed by atoms with Gasteiger partial charge in [0.2, 0.25) is 5.89 Å². The van der Waals surface area contributed by atoms with Crippen molar-refractivity contribution >= 4 is 10.8 Å². The van der Waals surface area contributed by atoms with Crippen LogP contribution in [0, 0.1) is 20.8 Å². The van der Waals surface area contributed by atoms with Crippen LogP contribution in [-0.4, -0.2) is 14.3 Å². The van der Waals surface area contributed by atoms with E-state index in [9.17, 15) is 4.21 Å². The first-order valence-electron chi connectivity index (χ1n) is 8.28. The van der Waals surface area contributed by atoms with Gasteiger partial charge in [-0.2, -0.15) is 4.98 Å². The zero-order chi connectivity index (χ0) is 17.8. The summed E-state index contributed by atoms with van der Waals surface area (Å²) < 4.78 is 17.7. The van der Waals surface area contributed by atoms with Gasteiger partial charge in [-0.15, -0.1) is 0 Å². The molecule has 0 fully saturated rings. The number of nitrogens with zero attached hydrogens (tertiary/aromatic N) is 2. The van der Waals surface area contributed by atoms with E-state index >= 15 is 0 Å². The van der Waals surface area contributed by atoms with Crippen LogP contribution in [0.4, 0.5) is 0 Å². The highest BCUT2D eigenvalue weighted by atomic mass is 32.2. The van der Waals surface area contributed by atoms with Crippen LogP contribution >= 0.6 is 0 Å². The van der Waals surface area contributed by atoms with E-state index in [-0.39, 0.29) is 0 Å². The van der Waals surface area contributed by atoms with Crippen molar-refractivity contribution in [2.24, 2.45) is 0 Å². The summed E-state index contributed by atoms with van der Waals surface area (Å²) in [6, 6.07) is 14.3. The highest BCUT2D eigenvalue weighted by Crippen LogP contribution is 2.15. The molecule has 0 aliphatic heterocycles. The van der Waals surface area contributed by atoms with Crippen LogP contribution in [0.3, 0.4) is 0 Å². The van der Waals surface area contributed by atoms with Gasteiger partial charge >= 0.3 is 0 Å². The molecule has 0 unspecified atom stereocenters. The van der Waals surface area contributed by atoms with Crippen molar-refractivity contribution < 1.29 is 8.73 Å². The zero-order valence-electron chi connectivity index (χ0n) is 14.8. The largest absolute Gasteiger partial charge is 0.339 e. The van der Waals surface area contributed by atoms with Crippen LogP contribution in [0.5, 0.6) is 0 Å². The molecule has 0 radical (unpaired) electrons. The average Bonchev–Trinajstić information content (AvgIpc) is 3.00. The summed E-state index contributed by atoms with van der Waals surface area (Å²) in [7, 11) is -1.06. The number of rotatable bonds is 6. The first kappa shape index (κ1) is 17.5. The van der Waals surface area contributed by atoms with Gasteiger partial charge in [-0.1, -0.05) is 47.6 Å². The Labute approximate surface area is 150 Å². The highest BCUT2D eigenvalue weighted by molar-refractivity contribution is 7.83. The van der Waals surface area contributed by atoms with Gasteiger partial charge in [-0.05, 0) is 48.6 Å². The smallest absolute Gasteiger partial charge is 0.231 e. The van der Waals surface area contributed by atoms with Crippen molar-refractivity contribution in [3.05, 3.63) is 82.0 Å². The lowest BCUT2D eigenvalue weighted by Gasteiger charge is -2.04. The van der Waals surface area contributed by atoms with Gasteiger partial charge in [0.25, 0.3) is 0 Å². The number of benzene rings is 2. The third-order valence-electron chi connectivity index (χ3n) is 4.30. The summed E-state index contributed by atoms with van der Waals surface area (Å²) >= 11 is 0. The monoisotopic (exact) mass is 354 g/mol. The third kappa shape index (κ3) is 4.63. The first-order chi connectivity index (χ1) is 12.0. The number of aryl methyl sites for hydroxylation is 3. The lowest BCUT2D eigenvalue weighted by atomic mass is 10.1. The van der Waals surface area contributed by atoms with Crippen LogP contribution in [-0.2, 0) is 28.7 Å². The van der Waals surface area contributed by atoms with Crippen LogP contribution in [0.2, 0.25) is 0 Å². The Morgan fingerprint density at radius 2 is 1.76 bits per heavy atom. The average molecular weight is 354 g/mol. The number of hydrogen-bond donors (Lipinski definition) is 0. The number of aromatic nitrogens is 2. The summed E-state index contributed by atoms with van der Waals surface area (Å²) in [6.07, 6.45) is 0.601. The maximum Gasteiger partial charge on any atom is 0.231 e. The fourth-order valence-corrected chi connectivity index (χ4v) is 3.72. The molecule has 2 aromatic carbocycles. The standard InChI is InChI=1S/C20H22N2O2S/c1-14-8-9-17(10-16(14)3)12-25(23)13-19-21-20(24-22-19)11-18-7-5-4-6-15(18)2/h4-10H,11-13H2,1-3H3/t25-/m0/s1. The molecule has 130 valence electrons. The lowest BCUT2D eigenvalue weighted by molar-refractivity contribution is 0.380. The van der Waals surface area contributed by atoms with Gasteiger partial charge in [0.1, 0.15) is 0 Å². The van der Waals surface area contributed by atoms with E-state index < -0.39 is 10.8 Å². The minimum Gasteiger partial charge on any atom is -0.339 e. The van der Waals surface area contributed by atoms with E-state index in [4.69, 9.17) is 4.52 Å². The van der Waals surface area contributed by atoms with Crippen LogP contribution in [0.15, 0.2) is 47.0 Å². The second kappa shape index (κ2) is 7.74. The molecule has 0 spiro atoms. The van der Waals surface area contributed by atoms with Gasteiger partial charge in [-0.25, -0.2) is 0 Å². The van der Waals surface area contributed by atoms with Gasteiger partial charge < -0.3 is 4.52 Å². The Morgan fingerprint density at radius 3 is 2.52 bits per heavy atom. The molecule has 3 rings (SSSR count). The minimum atomic E-state index is -1.06. The number of hydrogen-bond acceptors (Lipinski definition) is 4. The second-order valence-corrected chi connectivity index (χ2v) is 7.81. The molecule has 5 heteroatoms. The molecule has 0 saturated carbocycles. The molecule has 0 aliphatic rings. The van der Waals surface area contributed by atoms with E-state index in [1.807, 2.05) is 18.2 Å². The summed E-state index contributed by atoms with van der Waals surface area (Å²) in [5.41, 5.74) is 5.89. The van der Waals surface area contributed by atoms with Gasteiger partial charge in [-0.3, -0.25) is 4.21 Å². The molecule has 0 saturated heterocycles. The van der Waals surface area contributed by atoms with E-state index in [1.54, 1.807) is 0 Å². The Hall–Kier alpha value is -2.27. The lowest BCUT2D eigenvalue weighted by Crippen LogP contribution is -2.02. The van der Waals surface area contributed by atoms with E-state index in [0.29, 0.717) is 29.6 Å². The molecular weight excluding hydrogens is 332 g/mol. The fourth-order valence-electron chi connectivity index (χ4n) is 2.67. The quantitative estimate of drug-likeness (QED) is 0.670. The molecule has 1 heterocycles. The SMILES string of the molecule is Cc1ccc(C[S@](=O)Cc2noc(Cc3ccccc3C)n2)cc1C. The van der Waals surface area contributed by atoms with E-state index in [1.165, 1.54) is 16.7 Å². The Kier molecular flexibility index (Phi) is 5.43. The van der Waals surface area contributed by atoms with Crippen LogP contribution in [0.25, 0.3) is 0 Å². The topological polar surface area (TPSA) is 56.0 Å². The van der Waals surface area contributed by atoms with Crippen molar-refractivity contribution in [3.8, 4) is 0 Å². The first-order valence-corrected chi connectivity index (χ1v) is 9.77. The molecular formula is C20H22N2O2S. The van der Waals surface area contributed by atoms with Crippen LogP contribution < -0.4 is 0 Å². The Morgan fingerprint density at radius 1 is 0.960 bits per heavy atom. The summed E-state index contributed by atoms with van der Waals surface area (Å²) in [4.78, 5) is 4.39.